The summed E-state index contributed by atoms with van der Waals surface area (Å²) in [6.07, 6.45) is 1.72. The van der Waals surface area contributed by atoms with Gasteiger partial charge in [0.05, 0.1) is 0 Å². The zero-order chi connectivity index (χ0) is 21.3. The predicted octanol–water partition coefficient (Wildman–Crippen LogP) is 3.87. The minimum absolute atomic E-state index is 0.0407. The van der Waals surface area contributed by atoms with Crippen molar-refractivity contribution in [3.63, 3.8) is 0 Å². The van der Waals surface area contributed by atoms with Crippen molar-refractivity contribution in [1.29, 1.82) is 0 Å². The molecule has 0 aliphatic rings. The Bertz CT molecular complexity index is 1270. The second kappa shape index (κ2) is 7.87. The van der Waals surface area contributed by atoms with Gasteiger partial charge in [-0.2, -0.15) is 0 Å². The van der Waals surface area contributed by atoms with Crippen molar-refractivity contribution in [1.82, 2.24) is 14.9 Å². The third-order valence-corrected chi connectivity index (χ3v) is 5.02. The van der Waals surface area contributed by atoms with Crippen LogP contribution in [0.15, 0.2) is 67.3 Å². The Kier molecular flexibility index (Phi) is 5.10. The third-order valence-electron chi connectivity index (χ3n) is 5.02. The molecule has 0 spiro atoms. The smallest absolute Gasteiger partial charge is 0.326 e. The second-order valence-electron chi connectivity index (χ2n) is 7.08. The van der Waals surface area contributed by atoms with Gasteiger partial charge in [0.1, 0.15) is 17.6 Å². The topological polar surface area (TPSA) is 87.1 Å². The lowest BCUT2D eigenvalue weighted by Gasteiger charge is -2.15. The van der Waals surface area contributed by atoms with Crippen LogP contribution in [0, 0.1) is 5.82 Å². The molecule has 1 amide bonds. The van der Waals surface area contributed by atoms with Crippen LogP contribution in [0.25, 0.3) is 21.8 Å². The number of allylic oxidation sites excluding steroid dienone is 1. The molecular formula is C23H20FN3O3. The molecule has 0 unspecified atom stereocenters. The zero-order valence-corrected chi connectivity index (χ0v) is 16.1. The van der Waals surface area contributed by atoms with Crippen LogP contribution in [0.2, 0.25) is 0 Å². The lowest BCUT2D eigenvalue weighted by atomic mass is 10.1. The van der Waals surface area contributed by atoms with Crippen molar-refractivity contribution >= 4 is 33.7 Å². The first-order valence-corrected chi connectivity index (χ1v) is 9.46. The number of aromatic nitrogens is 2. The molecule has 0 bridgehead atoms. The minimum Gasteiger partial charge on any atom is -0.480 e. The van der Waals surface area contributed by atoms with Gasteiger partial charge in [-0.3, -0.25) is 4.79 Å². The lowest BCUT2D eigenvalue weighted by molar-refractivity contribution is -0.139. The van der Waals surface area contributed by atoms with Gasteiger partial charge in [-0.25, -0.2) is 9.18 Å². The summed E-state index contributed by atoms with van der Waals surface area (Å²) in [6.45, 7) is 4.16. The molecule has 2 aromatic carbocycles. The summed E-state index contributed by atoms with van der Waals surface area (Å²) < 4.78 is 15.2. The molecule has 2 aromatic heterocycles. The fourth-order valence-electron chi connectivity index (χ4n) is 3.65. The van der Waals surface area contributed by atoms with Gasteiger partial charge in [0.25, 0.3) is 5.91 Å². The van der Waals surface area contributed by atoms with Crippen LogP contribution in [-0.4, -0.2) is 32.6 Å². The first-order chi connectivity index (χ1) is 14.5. The minimum atomic E-state index is -1.15. The lowest BCUT2D eigenvalue weighted by Crippen LogP contribution is -2.43. The highest BCUT2D eigenvalue weighted by atomic mass is 19.1. The molecule has 0 radical (unpaired) electrons. The van der Waals surface area contributed by atoms with Gasteiger partial charge >= 0.3 is 5.97 Å². The number of hydrogen-bond acceptors (Lipinski definition) is 2. The van der Waals surface area contributed by atoms with E-state index in [0.717, 1.165) is 16.3 Å². The Balaban J connectivity index is 1.60. The maximum atomic E-state index is 13.4. The van der Waals surface area contributed by atoms with Crippen molar-refractivity contribution < 1.29 is 19.1 Å². The quantitative estimate of drug-likeness (QED) is 0.408. The molecular weight excluding hydrogens is 385 g/mol. The molecule has 6 nitrogen and oxygen atoms in total. The van der Waals surface area contributed by atoms with Gasteiger partial charge in [-0.15, -0.1) is 6.58 Å². The molecule has 2 heterocycles. The van der Waals surface area contributed by atoms with E-state index in [2.05, 4.69) is 16.9 Å². The molecule has 7 heteroatoms. The van der Waals surface area contributed by atoms with Gasteiger partial charge < -0.3 is 20.0 Å². The summed E-state index contributed by atoms with van der Waals surface area (Å²) in [5.74, 6) is -2.02. The summed E-state index contributed by atoms with van der Waals surface area (Å²) >= 11 is 0. The Morgan fingerprint density at radius 3 is 2.73 bits per heavy atom. The van der Waals surface area contributed by atoms with Crippen molar-refractivity contribution in [3.05, 3.63) is 84.5 Å². The normalized spacial score (nSPS) is 12.2. The number of carbonyl (C=O) groups excluding carboxylic acids is 1. The number of rotatable bonds is 7. The van der Waals surface area contributed by atoms with Crippen LogP contribution >= 0.6 is 0 Å². The third kappa shape index (κ3) is 3.69. The molecule has 1 atom stereocenters. The molecule has 0 aliphatic heterocycles. The fourth-order valence-corrected chi connectivity index (χ4v) is 3.65. The van der Waals surface area contributed by atoms with E-state index < -0.39 is 17.9 Å². The van der Waals surface area contributed by atoms with E-state index >= 15 is 0 Å². The number of carbonyl (C=O) groups is 2. The zero-order valence-electron chi connectivity index (χ0n) is 16.1. The summed E-state index contributed by atoms with van der Waals surface area (Å²) in [7, 11) is 0. The SMILES string of the molecule is C=CCn1c(C(=O)N[C@H](Cc2cc3ccc(F)cc3[nH]2)C(=O)O)cc2ccccc21. The van der Waals surface area contributed by atoms with E-state index in [1.807, 2.05) is 24.3 Å². The van der Waals surface area contributed by atoms with Crippen molar-refractivity contribution in [2.24, 2.45) is 0 Å². The summed E-state index contributed by atoms with van der Waals surface area (Å²) in [4.78, 5) is 27.8. The van der Waals surface area contributed by atoms with E-state index in [1.165, 1.54) is 12.1 Å². The number of aromatic amines is 1. The number of benzene rings is 2. The molecule has 30 heavy (non-hydrogen) atoms. The number of carboxylic acid groups (broad SMARTS) is 1. The summed E-state index contributed by atoms with van der Waals surface area (Å²) in [5.41, 5.74) is 2.40. The Labute approximate surface area is 171 Å². The fraction of sp³-hybridized carbons (Fsp3) is 0.130. The number of nitrogens with zero attached hydrogens (tertiary/aromatic N) is 1. The molecule has 0 aliphatic carbocycles. The molecule has 0 fully saturated rings. The second-order valence-corrected chi connectivity index (χ2v) is 7.08. The van der Waals surface area contributed by atoms with Gasteiger partial charge in [0, 0.05) is 35.1 Å². The molecule has 3 N–H and O–H groups in total. The number of para-hydroxylation sites is 1. The molecule has 4 aromatic rings. The first kappa shape index (κ1) is 19.4. The van der Waals surface area contributed by atoms with E-state index in [-0.39, 0.29) is 12.2 Å². The number of fused-ring (bicyclic) bond motifs is 2. The Morgan fingerprint density at radius 1 is 1.17 bits per heavy atom. The van der Waals surface area contributed by atoms with Gasteiger partial charge in [0.2, 0.25) is 0 Å². The highest BCUT2D eigenvalue weighted by Crippen LogP contribution is 2.21. The van der Waals surface area contributed by atoms with E-state index in [1.54, 1.807) is 28.8 Å². The summed E-state index contributed by atoms with van der Waals surface area (Å²) in [5, 5.41) is 13.9. The van der Waals surface area contributed by atoms with E-state index in [4.69, 9.17) is 0 Å². The van der Waals surface area contributed by atoms with Crippen LogP contribution < -0.4 is 5.32 Å². The molecule has 0 saturated heterocycles. The standard InChI is InChI=1S/C23H20FN3O3/c1-2-9-27-20-6-4-3-5-15(20)11-21(27)22(28)26-19(23(29)30)13-17-10-14-7-8-16(24)12-18(14)25-17/h2-8,10-12,19,25H,1,9,13H2,(H,26,28)(H,29,30)/t19-/m1/s1. The number of aliphatic carboxylic acids is 1. The average molecular weight is 405 g/mol. The molecule has 0 saturated carbocycles. The van der Waals surface area contributed by atoms with Crippen molar-refractivity contribution in [3.8, 4) is 0 Å². The van der Waals surface area contributed by atoms with Crippen LogP contribution in [0.3, 0.4) is 0 Å². The van der Waals surface area contributed by atoms with Crippen LogP contribution in [0.5, 0.6) is 0 Å². The number of hydrogen-bond donors (Lipinski definition) is 3. The van der Waals surface area contributed by atoms with E-state index in [0.29, 0.717) is 23.4 Å². The Morgan fingerprint density at radius 2 is 1.97 bits per heavy atom. The summed E-state index contributed by atoms with van der Waals surface area (Å²) in [6, 6.07) is 14.2. The highest BCUT2D eigenvalue weighted by Gasteiger charge is 2.24. The number of nitrogens with one attached hydrogen (secondary N) is 2. The monoisotopic (exact) mass is 405 g/mol. The number of carboxylic acids is 1. The van der Waals surface area contributed by atoms with Crippen LogP contribution in [0.4, 0.5) is 4.39 Å². The first-order valence-electron chi connectivity index (χ1n) is 9.46. The number of H-pyrrole nitrogens is 1. The van der Waals surface area contributed by atoms with Crippen LogP contribution in [-0.2, 0) is 17.8 Å². The predicted molar refractivity (Wildman–Crippen MR) is 113 cm³/mol. The van der Waals surface area contributed by atoms with Gasteiger partial charge in [-0.1, -0.05) is 24.3 Å². The largest absolute Gasteiger partial charge is 0.480 e. The molecule has 4 rings (SSSR count). The Hall–Kier alpha value is -3.87. The molecule has 152 valence electrons. The number of amides is 1. The van der Waals surface area contributed by atoms with Gasteiger partial charge in [0.15, 0.2) is 0 Å². The van der Waals surface area contributed by atoms with E-state index in [9.17, 15) is 19.1 Å². The number of halogens is 1. The maximum absolute atomic E-state index is 13.4. The van der Waals surface area contributed by atoms with Gasteiger partial charge in [-0.05, 0) is 41.8 Å². The highest BCUT2D eigenvalue weighted by molar-refractivity contribution is 6.00. The van der Waals surface area contributed by atoms with Crippen LogP contribution in [0.1, 0.15) is 16.2 Å². The van der Waals surface area contributed by atoms with Crippen molar-refractivity contribution in [2.45, 2.75) is 19.0 Å². The maximum Gasteiger partial charge on any atom is 0.326 e. The average Bonchev–Trinajstić information content (AvgIpc) is 3.28. The van der Waals surface area contributed by atoms with Crippen molar-refractivity contribution in [2.75, 3.05) is 0 Å².